The van der Waals surface area contributed by atoms with E-state index in [-0.39, 0.29) is 12.1 Å². The van der Waals surface area contributed by atoms with E-state index in [1.54, 1.807) is 25.3 Å². The summed E-state index contributed by atoms with van der Waals surface area (Å²) in [7, 11) is 3.11. The summed E-state index contributed by atoms with van der Waals surface area (Å²) in [5.74, 6) is 1.16. The van der Waals surface area contributed by atoms with Gasteiger partial charge < -0.3 is 19.7 Å². The molecule has 1 saturated carbocycles. The maximum absolute atomic E-state index is 12.7. The average Bonchev–Trinajstić information content (AvgIpc) is 2.57. The first kappa shape index (κ1) is 14.8. The molecule has 0 saturated heterocycles. The van der Waals surface area contributed by atoms with Crippen molar-refractivity contribution in [1.29, 1.82) is 0 Å². The van der Waals surface area contributed by atoms with E-state index in [4.69, 9.17) is 9.47 Å². The highest BCUT2D eigenvalue weighted by atomic mass is 16.5. The van der Waals surface area contributed by atoms with Crippen molar-refractivity contribution in [3.63, 3.8) is 0 Å². The molecule has 1 aromatic rings. The number of hydrogen-bond acceptors (Lipinski definition) is 5. The van der Waals surface area contributed by atoms with Crippen molar-refractivity contribution >= 4 is 5.70 Å². The molecule has 0 N–H and O–H groups in total. The van der Waals surface area contributed by atoms with Gasteiger partial charge in [-0.05, 0) is 25.0 Å². The van der Waals surface area contributed by atoms with Gasteiger partial charge in [0, 0.05) is 27.7 Å². The quantitative estimate of drug-likeness (QED) is 0.803. The van der Waals surface area contributed by atoms with Crippen LogP contribution in [0, 0.1) is 10.1 Å². The van der Waals surface area contributed by atoms with Crippen LogP contribution < -0.4 is 9.47 Å². The number of ether oxygens (including phenoxy) is 2. The maximum Gasteiger partial charge on any atom is 0.244 e. The molecule has 1 fully saturated rings. The van der Waals surface area contributed by atoms with Crippen LogP contribution in [0.3, 0.4) is 0 Å². The number of nitrogens with zero attached hydrogens (tertiary/aromatic N) is 2. The summed E-state index contributed by atoms with van der Waals surface area (Å²) in [6.07, 6.45) is 4.91. The fourth-order valence-electron chi connectivity index (χ4n) is 3.31. The van der Waals surface area contributed by atoms with Crippen molar-refractivity contribution in [3.05, 3.63) is 40.1 Å². The number of nitroso groups, excluding NO2 is 1. The second-order valence-electron chi connectivity index (χ2n) is 5.69. The minimum absolute atomic E-state index is 0.237. The number of rotatable bonds is 3. The third kappa shape index (κ3) is 2.43. The van der Waals surface area contributed by atoms with Crippen LogP contribution in [-0.2, 0) is 0 Å². The molecule has 118 valence electrons. The zero-order valence-electron chi connectivity index (χ0n) is 12.8. The highest BCUT2D eigenvalue weighted by molar-refractivity contribution is 5.70. The van der Waals surface area contributed by atoms with E-state index in [0.717, 1.165) is 35.5 Å². The molecule has 6 nitrogen and oxygen atoms in total. The molecule has 22 heavy (non-hydrogen) atoms. The van der Waals surface area contributed by atoms with Crippen molar-refractivity contribution in [2.24, 2.45) is 0 Å². The maximum atomic E-state index is 12.7. The molecule has 0 aromatic heterocycles. The summed E-state index contributed by atoms with van der Waals surface area (Å²) in [6.45, 7) is 0. The second kappa shape index (κ2) is 5.96. The predicted molar refractivity (Wildman–Crippen MR) is 82.4 cm³/mol. The summed E-state index contributed by atoms with van der Waals surface area (Å²) in [6, 6.07) is 4.71. The van der Waals surface area contributed by atoms with Crippen LogP contribution >= 0.6 is 0 Å². The minimum atomic E-state index is -0.280. The van der Waals surface area contributed by atoms with Crippen LogP contribution in [0.1, 0.15) is 31.2 Å². The van der Waals surface area contributed by atoms with Crippen LogP contribution in [0.15, 0.2) is 24.4 Å². The highest BCUT2D eigenvalue weighted by Crippen LogP contribution is 2.38. The molecule has 1 aromatic carbocycles. The standard InChI is InChI=1S/C16H20N2O4/c1-21-11-7-8-12(16(9-11)22-2)15-10-17(19)13-5-3-4-6-14(13)18(15)20/h7-10,13-14H,3-6H2,1-2H3/t13-,14+/m0/s1. The van der Waals surface area contributed by atoms with Crippen LogP contribution in [0.25, 0.3) is 5.70 Å². The molecule has 6 heteroatoms. The van der Waals surface area contributed by atoms with E-state index < -0.39 is 0 Å². The SMILES string of the molecule is COc1ccc(C2=C[N+](=O)[C@H]3CCCC[C@H]3N2[O-])c(OC)c1. The van der Waals surface area contributed by atoms with Gasteiger partial charge in [-0.25, -0.2) is 0 Å². The average molecular weight is 304 g/mol. The lowest BCUT2D eigenvalue weighted by Crippen LogP contribution is -2.49. The van der Waals surface area contributed by atoms with E-state index in [9.17, 15) is 10.1 Å². The molecule has 2 aliphatic rings. The summed E-state index contributed by atoms with van der Waals surface area (Å²) < 4.78 is 11.5. The van der Waals surface area contributed by atoms with Crippen LogP contribution in [0.5, 0.6) is 11.5 Å². The van der Waals surface area contributed by atoms with Gasteiger partial charge in [0.25, 0.3) is 0 Å². The van der Waals surface area contributed by atoms with Crippen molar-refractivity contribution in [3.8, 4) is 11.5 Å². The molecule has 0 radical (unpaired) electrons. The fraction of sp³-hybridized carbons (Fsp3) is 0.500. The summed E-state index contributed by atoms with van der Waals surface area (Å²) in [5.41, 5.74) is 0.973. The van der Waals surface area contributed by atoms with Crippen molar-refractivity contribution in [2.45, 2.75) is 37.8 Å². The lowest BCUT2D eigenvalue weighted by atomic mass is 9.88. The summed E-state index contributed by atoms with van der Waals surface area (Å²) >= 11 is 0. The third-order valence-corrected chi connectivity index (χ3v) is 4.49. The molecule has 2 atom stereocenters. The van der Waals surface area contributed by atoms with Gasteiger partial charge in [-0.1, -0.05) is 6.42 Å². The first-order chi connectivity index (χ1) is 10.7. The number of benzene rings is 1. The van der Waals surface area contributed by atoms with E-state index in [1.807, 2.05) is 0 Å². The largest absolute Gasteiger partial charge is 0.758 e. The van der Waals surface area contributed by atoms with Gasteiger partial charge in [-0.15, -0.1) is 0 Å². The van der Waals surface area contributed by atoms with Gasteiger partial charge in [0.15, 0.2) is 0 Å². The van der Waals surface area contributed by atoms with Gasteiger partial charge >= 0.3 is 0 Å². The van der Waals surface area contributed by atoms with Gasteiger partial charge in [0.1, 0.15) is 17.2 Å². The van der Waals surface area contributed by atoms with Gasteiger partial charge in [0.05, 0.1) is 20.3 Å². The molecule has 0 bridgehead atoms. The van der Waals surface area contributed by atoms with Crippen LogP contribution in [0.4, 0.5) is 0 Å². The van der Waals surface area contributed by atoms with E-state index in [2.05, 4.69) is 0 Å². The van der Waals surface area contributed by atoms with Gasteiger partial charge in [-0.3, -0.25) is 0 Å². The predicted octanol–water partition coefficient (Wildman–Crippen LogP) is 2.91. The zero-order valence-corrected chi connectivity index (χ0v) is 12.8. The fourth-order valence-corrected chi connectivity index (χ4v) is 3.31. The van der Waals surface area contributed by atoms with E-state index in [1.165, 1.54) is 13.3 Å². The number of hydroxylamine groups is 2. The topological polar surface area (TPSA) is 64.8 Å². The van der Waals surface area contributed by atoms with Crippen molar-refractivity contribution in [2.75, 3.05) is 14.2 Å². The molecular weight excluding hydrogens is 284 g/mol. The Kier molecular flexibility index (Phi) is 4.02. The van der Waals surface area contributed by atoms with E-state index >= 15 is 0 Å². The lowest BCUT2D eigenvalue weighted by molar-refractivity contribution is -0.536. The van der Waals surface area contributed by atoms with Crippen molar-refractivity contribution < 1.29 is 14.2 Å². The summed E-state index contributed by atoms with van der Waals surface area (Å²) in [5, 5.41) is 13.7. The molecule has 3 rings (SSSR count). The highest BCUT2D eigenvalue weighted by Gasteiger charge is 2.42. The second-order valence-corrected chi connectivity index (χ2v) is 5.69. The molecule has 0 spiro atoms. The Bertz CT molecular complexity index is 614. The molecule has 1 heterocycles. The first-order valence-corrected chi connectivity index (χ1v) is 7.51. The van der Waals surface area contributed by atoms with Crippen molar-refractivity contribution in [1.82, 2.24) is 5.06 Å². The smallest absolute Gasteiger partial charge is 0.244 e. The number of hydrogen-bond donors (Lipinski definition) is 0. The van der Waals surface area contributed by atoms with Crippen LogP contribution in [-0.4, -0.2) is 36.1 Å². The Hall–Kier alpha value is -2.08. The molecule has 0 amide bonds. The van der Waals surface area contributed by atoms with E-state index in [0.29, 0.717) is 22.8 Å². The number of fused-ring (bicyclic) bond motifs is 1. The molecule has 1 aliphatic carbocycles. The molecular formula is C16H20N2O4. The zero-order chi connectivity index (χ0) is 15.7. The Labute approximate surface area is 129 Å². The molecule has 1 aliphatic heterocycles. The number of methoxy groups -OCH3 is 2. The first-order valence-electron chi connectivity index (χ1n) is 7.51. The lowest BCUT2D eigenvalue weighted by Gasteiger charge is -2.44. The Morgan fingerprint density at radius 3 is 2.73 bits per heavy atom. The Balaban J connectivity index is 2.02. The van der Waals surface area contributed by atoms with Crippen LogP contribution in [0.2, 0.25) is 0 Å². The third-order valence-electron chi connectivity index (χ3n) is 4.49. The van der Waals surface area contributed by atoms with Gasteiger partial charge in [-0.2, -0.15) is 0 Å². The summed E-state index contributed by atoms with van der Waals surface area (Å²) in [4.78, 5) is 12.3. The molecule has 0 unspecified atom stereocenters. The Morgan fingerprint density at radius 2 is 2.00 bits per heavy atom. The minimum Gasteiger partial charge on any atom is -0.758 e. The van der Waals surface area contributed by atoms with Gasteiger partial charge in [0.2, 0.25) is 12.2 Å². The monoisotopic (exact) mass is 304 g/mol. The Morgan fingerprint density at radius 1 is 1.23 bits per heavy atom. The normalized spacial score (nSPS) is 24.6.